The summed E-state index contributed by atoms with van der Waals surface area (Å²) in [5.41, 5.74) is 1.02. The zero-order chi connectivity index (χ0) is 19.8. The first-order valence-corrected chi connectivity index (χ1v) is 10.5. The molecule has 0 saturated carbocycles. The molecule has 0 atom stereocenters. The van der Waals surface area contributed by atoms with Crippen LogP contribution in [0.1, 0.15) is 19.8 Å². The summed E-state index contributed by atoms with van der Waals surface area (Å²) in [4.78, 5) is 22.4. The maximum Gasteiger partial charge on any atom is 0.409 e. The van der Waals surface area contributed by atoms with Crippen LogP contribution in [0, 0.1) is 0 Å². The first-order valence-electron chi connectivity index (χ1n) is 9.68. The van der Waals surface area contributed by atoms with Gasteiger partial charge in [0.1, 0.15) is 0 Å². The van der Waals surface area contributed by atoms with Gasteiger partial charge in [-0.25, -0.2) is 9.78 Å². The molecule has 0 radical (unpaired) electrons. The van der Waals surface area contributed by atoms with Gasteiger partial charge in [-0.15, -0.1) is 24.0 Å². The molecule has 29 heavy (non-hydrogen) atoms. The van der Waals surface area contributed by atoms with Gasteiger partial charge in [0.25, 0.3) is 0 Å². The number of benzene rings is 1. The second-order valence-electron chi connectivity index (χ2n) is 6.52. The summed E-state index contributed by atoms with van der Waals surface area (Å²) < 4.78 is 6.24. The second kappa shape index (κ2) is 12.0. The van der Waals surface area contributed by atoms with Crippen LogP contribution in [-0.4, -0.2) is 67.8 Å². The van der Waals surface area contributed by atoms with Crippen molar-refractivity contribution >= 4 is 62.7 Å². The minimum absolute atomic E-state index is 0. The average molecular weight is 532 g/mol. The lowest BCUT2D eigenvalue weighted by atomic mass is 10.1. The van der Waals surface area contributed by atoms with Crippen LogP contribution in [0.5, 0.6) is 0 Å². The number of rotatable bonds is 6. The number of nitrogens with one attached hydrogen (secondary N) is 3. The van der Waals surface area contributed by atoms with E-state index in [1.807, 2.05) is 25.1 Å². The Morgan fingerprint density at radius 1 is 1.31 bits per heavy atom. The van der Waals surface area contributed by atoms with E-state index in [2.05, 4.69) is 32.0 Å². The minimum atomic E-state index is -0.218. The summed E-state index contributed by atoms with van der Waals surface area (Å²) in [6.45, 7) is 5.13. The quantitative estimate of drug-likeness (QED) is 0.229. The van der Waals surface area contributed by atoms with E-state index in [-0.39, 0.29) is 30.1 Å². The molecule has 1 fully saturated rings. The summed E-state index contributed by atoms with van der Waals surface area (Å²) in [7, 11) is 1.77. The number of fused-ring (bicyclic) bond motifs is 1. The second-order valence-corrected chi connectivity index (χ2v) is 7.55. The van der Waals surface area contributed by atoms with Gasteiger partial charge in [-0.2, -0.15) is 0 Å². The van der Waals surface area contributed by atoms with Gasteiger partial charge in [0.15, 0.2) is 11.1 Å². The zero-order valence-electron chi connectivity index (χ0n) is 16.8. The van der Waals surface area contributed by atoms with E-state index < -0.39 is 0 Å². The lowest BCUT2D eigenvalue weighted by Crippen LogP contribution is -2.50. The highest BCUT2D eigenvalue weighted by atomic mass is 127. The van der Waals surface area contributed by atoms with Gasteiger partial charge in [0.2, 0.25) is 0 Å². The Bertz CT molecular complexity index is 774. The Labute approximate surface area is 192 Å². The molecular formula is C19H29IN6O2S. The average Bonchev–Trinajstić information content (AvgIpc) is 3.13. The molecule has 2 heterocycles. The van der Waals surface area contributed by atoms with Crippen molar-refractivity contribution in [3.8, 4) is 0 Å². The summed E-state index contributed by atoms with van der Waals surface area (Å²) in [6, 6.07) is 8.43. The highest BCUT2D eigenvalue weighted by molar-refractivity contribution is 14.0. The van der Waals surface area contributed by atoms with Crippen LogP contribution in [0.4, 0.5) is 9.93 Å². The van der Waals surface area contributed by atoms with Crippen LogP contribution in [0.2, 0.25) is 0 Å². The van der Waals surface area contributed by atoms with E-state index in [1.54, 1.807) is 23.3 Å². The summed E-state index contributed by atoms with van der Waals surface area (Å²) in [5.74, 6) is 0.778. The van der Waals surface area contributed by atoms with E-state index >= 15 is 0 Å². The van der Waals surface area contributed by atoms with Crippen LogP contribution in [-0.2, 0) is 4.74 Å². The van der Waals surface area contributed by atoms with Gasteiger partial charge in [-0.05, 0) is 31.9 Å². The number of halogens is 1. The third kappa shape index (κ3) is 6.88. The molecule has 1 amide bonds. The van der Waals surface area contributed by atoms with Crippen molar-refractivity contribution in [2.24, 2.45) is 4.99 Å². The molecule has 2 aromatic rings. The number of aliphatic imine (C=N–C) groups is 1. The molecule has 1 aliphatic rings. The first-order chi connectivity index (χ1) is 13.7. The Morgan fingerprint density at radius 2 is 2.07 bits per heavy atom. The lowest BCUT2D eigenvalue weighted by Gasteiger charge is -2.32. The normalized spacial score (nSPS) is 15.0. The summed E-state index contributed by atoms with van der Waals surface area (Å²) >= 11 is 1.66. The van der Waals surface area contributed by atoms with Gasteiger partial charge in [0.05, 0.1) is 16.8 Å². The molecule has 1 aromatic carbocycles. The molecule has 10 heteroatoms. The molecule has 0 aliphatic carbocycles. The van der Waals surface area contributed by atoms with Gasteiger partial charge < -0.3 is 25.6 Å². The number of para-hydroxylation sites is 1. The van der Waals surface area contributed by atoms with Crippen molar-refractivity contribution in [1.82, 2.24) is 20.5 Å². The molecule has 0 spiro atoms. The summed E-state index contributed by atoms with van der Waals surface area (Å²) in [5, 5.41) is 11.0. The number of guanidine groups is 1. The molecule has 8 nitrogen and oxygen atoms in total. The summed E-state index contributed by atoms with van der Waals surface area (Å²) in [6.07, 6.45) is 1.54. The largest absolute Gasteiger partial charge is 0.450 e. The Kier molecular flexibility index (Phi) is 9.71. The number of carbonyl (C=O) groups is 1. The third-order valence-corrected chi connectivity index (χ3v) is 5.57. The van der Waals surface area contributed by atoms with Crippen molar-refractivity contribution in [2.45, 2.75) is 25.8 Å². The SMILES string of the molecule is CCOC(=O)N1CCC(NC(=NC)NCCNc2nc3ccccc3s2)CC1.I. The first kappa shape index (κ1) is 23.5. The number of ether oxygens (including phenoxy) is 1. The number of amides is 1. The fourth-order valence-corrected chi connectivity index (χ4v) is 4.00. The smallest absolute Gasteiger partial charge is 0.409 e. The number of hydrogen-bond donors (Lipinski definition) is 3. The number of likely N-dealkylation sites (tertiary alicyclic amines) is 1. The maximum atomic E-state index is 11.8. The number of thiazole rings is 1. The minimum Gasteiger partial charge on any atom is -0.450 e. The van der Waals surface area contributed by atoms with Gasteiger partial charge in [-0.1, -0.05) is 23.5 Å². The molecule has 1 aliphatic heterocycles. The Balaban J connectivity index is 0.00000300. The molecule has 1 aromatic heterocycles. The van der Waals surface area contributed by atoms with E-state index in [9.17, 15) is 4.79 Å². The van der Waals surface area contributed by atoms with Crippen LogP contribution in [0.3, 0.4) is 0 Å². The van der Waals surface area contributed by atoms with Crippen LogP contribution >= 0.6 is 35.3 Å². The van der Waals surface area contributed by atoms with Crippen molar-refractivity contribution in [1.29, 1.82) is 0 Å². The van der Waals surface area contributed by atoms with Crippen LogP contribution < -0.4 is 16.0 Å². The molecule has 3 rings (SSSR count). The Morgan fingerprint density at radius 3 is 2.76 bits per heavy atom. The maximum absolute atomic E-state index is 11.8. The van der Waals surface area contributed by atoms with Gasteiger partial charge >= 0.3 is 6.09 Å². The lowest BCUT2D eigenvalue weighted by molar-refractivity contribution is 0.0963. The van der Waals surface area contributed by atoms with E-state index in [0.29, 0.717) is 25.7 Å². The molecular weight excluding hydrogens is 503 g/mol. The van der Waals surface area contributed by atoms with Crippen molar-refractivity contribution < 1.29 is 9.53 Å². The van der Waals surface area contributed by atoms with E-state index in [0.717, 1.165) is 42.5 Å². The third-order valence-electron chi connectivity index (χ3n) is 4.57. The molecule has 1 saturated heterocycles. The molecule has 0 unspecified atom stereocenters. The number of hydrogen-bond acceptors (Lipinski definition) is 6. The Hall–Kier alpha value is -1.82. The predicted molar refractivity (Wildman–Crippen MR) is 130 cm³/mol. The zero-order valence-corrected chi connectivity index (χ0v) is 20.0. The fraction of sp³-hybridized carbons (Fsp3) is 0.526. The highest BCUT2D eigenvalue weighted by Gasteiger charge is 2.23. The van der Waals surface area contributed by atoms with E-state index in [4.69, 9.17) is 4.74 Å². The molecule has 0 bridgehead atoms. The fourth-order valence-electron chi connectivity index (χ4n) is 3.11. The standard InChI is InChI=1S/C19H28N6O2S.HI/c1-3-27-19(26)25-12-8-14(9-13-25)23-17(20-2)21-10-11-22-18-24-15-6-4-5-7-16(15)28-18;/h4-7,14H,3,8-13H2,1-2H3,(H,22,24)(H2,20,21,23);1H. The number of carbonyl (C=O) groups excluding carboxylic acids is 1. The van der Waals surface area contributed by atoms with E-state index in [1.165, 1.54) is 4.70 Å². The van der Waals surface area contributed by atoms with Gasteiger partial charge in [-0.3, -0.25) is 4.99 Å². The number of anilines is 1. The predicted octanol–water partition coefficient (Wildman–Crippen LogP) is 3.11. The van der Waals surface area contributed by atoms with Crippen molar-refractivity contribution in [3.63, 3.8) is 0 Å². The van der Waals surface area contributed by atoms with Crippen molar-refractivity contribution in [2.75, 3.05) is 45.2 Å². The number of nitrogens with zero attached hydrogens (tertiary/aromatic N) is 3. The number of aromatic nitrogens is 1. The van der Waals surface area contributed by atoms with Crippen LogP contribution in [0.15, 0.2) is 29.3 Å². The molecule has 160 valence electrons. The monoisotopic (exact) mass is 532 g/mol. The topological polar surface area (TPSA) is 90.9 Å². The number of piperidine rings is 1. The van der Waals surface area contributed by atoms with Crippen molar-refractivity contribution in [3.05, 3.63) is 24.3 Å². The molecule has 3 N–H and O–H groups in total. The van der Waals surface area contributed by atoms with Crippen LogP contribution in [0.25, 0.3) is 10.2 Å². The van der Waals surface area contributed by atoms with Gasteiger partial charge in [0, 0.05) is 39.3 Å². The highest BCUT2D eigenvalue weighted by Crippen LogP contribution is 2.24.